The molecule has 1 rings (SSSR count). The molecule has 0 bridgehead atoms. The van der Waals surface area contributed by atoms with E-state index in [-0.39, 0.29) is 0 Å². The first-order valence-electron chi connectivity index (χ1n) is 5.18. The Balaban J connectivity index is 2.58. The second-order valence-electron chi connectivity index (χ2n) is 2.94. The summed E-state index contributed by atoms with van der Waals surface area (Å²) in [6.45, 7) is 1.91. The van der Waals surface area contributed by atoms with E-state index in [2.05, 4.69) is 5.16 Å². The molecule has 1 aliphatic rings. The third-order valence-electron chi connectivity index (χ3n) is 1.70. The summed E-state index contributed by atoms with van der Waals surface area (Å²) in [6.07, 6.45) is 8.46. The molecule has 90 valence electrons. The summed E-state index contributed by atoms with van der Waals surface area (Å²) in [6, 6.07) is 0. The zero-order chi connectivity index (χ0) is 11.9. The molecule has 0 fully saturated rings. The van der Waals surface area contributed by atoms with Gasteiger partial charge in [0.1, 0.15) is 0 Å². The largest absolute Gasteiger partial charge is 0.402 e. The minimum atomic E-state index is -2.70. The summed E-state index contributed by atoms with van der Waals surface area (Å²) < 4.78 is 15.8. The van der Waals surface area contributed by atoms with Gasteiger partial charge in [-0.25, -0.2) is 0 Å². The molecule has 1 aliphatic carbocycles. The lowest BCUT2D eigenvalue weighted by Crippen LogP contribution is -2.00. The zero-order valence-corrected chi connectivity index (χ0v) is 11.2. The van der Waals surface area contributed by atoms with Crippen molar-refractivity contribution < 1.29 is 13.7 Å². The van der Waals surface area contributed by atoms with Gasteiger partial charge >= 0.3 is 6.72 Å². The van der Waals surface area contributed by atoms with Crippen molar-refractivity contribution in [3.8, 4) is 0 Å². The zero-order valence-electron chi connectivity index (χ0n) is 9.46. The fourth-order valence-electron chi connectivity index (χ4n) is 1.07. The van der Waals surface area contributed by atoms with E-state index in [1.165, 1.54) is 0 Å². The summed E-state index contributed by atoms with van der Waals surface area (Å²) in [7, 11) is 0. The second kappa shape index (κ2) is 6.97. The molecule has 0 aromatic heterocycles. The van der Waals surface area contributed by atoms with Crippen LogP contribution in [0.15, 0.2) is 29.5 Å². The molecule has 0 unspecified atom stereocenters. The van der Waals surface area contributed by atoms with E-state index in [1.54, 1.807) is 0 Å². The first-order chi connectivity index (χ1) is 7.70. The molecule has 0 saturated heterocycles. The van der Waals surface area contributed by atoms with Gasteiger partial charge in [0.2, 0.25) is 0 Å². The van der Waals surface area contributed by atoms with Gasteiger partial charge in [-0.05, 0) is 19.9 Å². The van der Waals surface area contributed by atoms with E-state index in [0.717, 1.165) is 12.1 Å². The maximum Gasteiger partial charge on any atom is 0.402 e. The third-order valence-corrected chi connectivity index (χ3v) is 3.96. The first-order valence-corrected chi connectivity index (χ1v) is 7.73. The summed E-state index contributed by atoms with van der Waals surface area (Å²) in [5.74, 6) is 0. The number of rotatable bonds is 6. The summed E-state index contributed by atoms with van der Waals surface area (Å²) in [4.78, 5) is 0. The third kappa shape index (κ3) is 4.58. The molecule has 0 aromatic rings. The molecule has 0 N–H and O–H groups in total. The summed E-state index contributed by atoms with van der Waals surface area (Å²) in [5.41, 5.74) is 0.816. The van der Waals surface area contributed by atoms with Crippen molar-refractivity contribution in [1.29, 1.82) is 0 Å². The predicted octanol–water partition coefficient (Wildman–Crippen LogP) is 3.17. The number of nitrogens with zero attached hydrogens (tertiary/aromatic N) is 1. The Morgan fingerprint density at radius 1 is 1.31 bits per heavy atom. The summed E-state index contributed by atoms with van der Waals surface area (Å²) >= 11 is 5.16. The van der Waals surface area contributed by atoms with Gasteiger partial charge in [-0.2, -0.15) is 0 Å². The Hall–Kier alpha value is -0.480. The van der Waals surface area contributed by atoms with Crippen LogP contribution in [-0.2, 0) is 25.5 Å². The Morgan fingerprint density at radius 2 is 2.00 bits per heavy atom. The van der Waals surface area contributed by atoms with Gasteiger partial charge in [0.05, 0.1) is 18.9 Å². The quantitative estimate of drug-likeness (QED) is 0.544. The molecule has 0 atom stereocenters. The maximum atomic E-state index is 5.29. The van der Waals surface area contributed by atoms with Crippen molar-refractivity contribution in [1.82, 2.24) is 0 Å². The van der Waals surface area contributed by atoms with Crippen LogP contribution >= 0.6 is 6.72 Å². The van der Waals surface area contributed by atoms with Crippen molar-refractivity contribution in [3.63, 3.8) is 0 Å². The highest BCUT2D eigenvalue weighted by molar-refractivity contribution is 8.07. The minimum absolute atomic E-state index is 0.456. The van der Waals surface area contributed by atoms with Crippen LogP contribution in [0.5, 0.6) is 0 Å². The standard InChI is InChI=1S/C10H16NO3PS/c1-3-12-15(16,13-4-2)14-11-10-8-6-5-7-9-10/h5-8H,3-4,9H2,1-2H3. The monoisotopic (exact) mass is 261 g/mol. The Kier molecular flexibility index (Phi) is 5.91. The van der Waals surface area contributed by atoms with Gasteiger partial charge in [-0.15, -0.1) is 0 Å². The van der Waals surface area contributed by atoms with Gasteiger partial charge in [0.25, 0.3) is 0 Å². The number of allylic oxidation sites excluding steroid dienone is 4. The SMILES string of the molecule is CCOP(=S)(OCC)ON=C1C=CC=CC1. The van der Waals surface area contributed by atoms with E-state index in [4.69, 9.17) is 25.5 Å². The molecule has 0 heterocycles. The Labute approximate surface area is 101 Å². The Morgan fingerprint density at radius 3 is 2.50 bits per heavy atom. The Bertz CT molecular complexity index is 342. The molecule has 0 spiro atoms. The molecule has 0 aliphatic heterocycles. The van der Waals surface area contributed by atoms with Crippen molar-refractivity contribution in [2.45, 2.75) is 20.3 Å². The first kappa shape index (κ1) is 13.6. The van der Waals surface area contributed by atoms with Crippen LogP contribution in [0, 0.1) is 0 Å². The lowest BCUT2D eigenvalue weighted by atomic mass is 10.2. The van der Waals surface area contributed by atoms with E-state index in [0.29, 0.717) is 13.2 Å². The van der Waals surface area contributed by atoms with Gasteiger partial charge in [-0.3, -0.25) is 9.05 Å². The van der Waals surface area contributed by atoms with Crippen LogP contribution in [0.3, 0.4) is 0 Å². The molecule has 16 heavy (non-hydrogen) atoms. The molecule has 0 saturated carbocycles. The molecule has 0 amide bonds. The number of oxime groups is 1. The lowest BCUT2D eigenvalue weighted by molar-refractivity contribution is 0.171. The molecule has 0 radical (unpaired) electrons. The number of hydrogen-bond donors (Lipinski definition) is 0. The van der Waals surface area contributed by atoms with Crippen molar-refractivity contribution in [3.05, 3.63) is 24.3 Å². The van der Waals surface area contributed by atoms with Gasteiger partial charge in [0.15, 0.2) is 0 Å². The van der Waals surface area contributed by atoms with E-state index >= 15 is 0 Å². The maximum absolute atomic E-state index is 5.29. The van der Waals surface area contributed by atoms with Crippen LogP contribution in [0.25, 0.3) is 0 Å². The smallest absolute Gasteiger partial charge is 0.313 e. The second-order valence-corrected chi connectivity index (χ2v) is 5.85. The molecular formula is C10H16NO3PS. The highest BCUT2D eigenvalue weighted by Gasteiger charge is 2.20. The van der Waals surface area contributed by atoms with Crippen molar-refractivity contribution >= 4 is 24.2 Å². The molecule has 4 nitrogen and oxygen atoms in total. The average molecular weight is 261 g/mol. The van der Waals surface area contributed by atoms with Crippen LogP contribution in [0.4, 0.5) is 0 Å². The highest BCUT2D eigenvalue weighted by atomic mass is 32.5. The van der Waals surface area contributed by atoms with Crippen molar-refractivity contribution in [2.24, 2.45) is 5.16 Å². The van der Waals surface area contributed by atoms with Crippen LogP contribution in [0.1, 0.15) is 20.3 Å². The minimum Gasteiger partial charge on any atom is -0.313 e. The van der Waals surface area contributed by atoms with Crippen LogP contribution in [0.2, 0.25) is 0 Å². The highest BCUT2D eigenvalue weighted by Crippen LogP contribution is 2.50. The molecule has 0 aromatic carbocycles. The van der Waals surface area contributed by atoms with Crippen LogP contribution in [-0.4, -0.2) is 18.9 Å². The average Bonchev–Trinajstić information content (AvgIpc) is 2.29. The predicted molar refractivity (Wildman–Crippen MR) is 69.0 cm³/mol. The van der Waals surface area contributed by atoms with Gasteiger partial charge in [-0.1, -0.05) is 23.4 Å². The van der Waals surface area contributed by atoms with E-state index in [1.807, 2.05) is 38.2 Å². The normalized spacial score (nSPS) is 18.0. The summed E-state index contributed by atoms with van der Waals surface area (Å²) in [5, 5.41) is 3.97. The lowest BCUT2D eigenvalue weighted by Gasteiger charge is -2.17. The fourth-order valence-corrected chi connectivity index (χ4v) is 2.81. The molecular weight excluding hydrogens is 245 g/mol. The van der Waals surface area contributed by atoms with Crippen molar-refractivity contribution in [2.75, 3.05) is 13.2 Å². The van der Waals surface area contributed by atoms with Gasteiger partial charge in [0, 0.05) is 18.2 Å². The van der Waals surface area contributed by atoms with E-state index < -0.39 is 6.72 Å². The topological polar surface area (TPSA) is 40.0 Å². The van der Waals surface area contributed by atoms with Crippen LogP contribution < -0.4 is 0 Å². The van der Waals surface area contributed by atoms with Gasteiger partial charge < -0.3 is 4.62 Å². The molecule has 6 heteroatoms. The number of hydrogen-bond acceptors (Lipinski definition) is 5. The van der Waals surface area contributed by atoms with E-state index in [9.17, 15) is 0 Å². The fraction of sp³-hybridized carbons (Fsp3) is 0.500.